The maximum Gasteiger partial charge on any atom is 0.336 e. The standard InChI is InChI=1S/C21H32O5Si2/c1-16(2)20(3,4)21(5,28-15-9-14-24-27-28)26-19(23)13-12-18(22)25-17-10-7-6-8-11-17/h6-8,10-13,16,28H,9,14-15,27H2,1-5H3. The third-order valence-corrected chi connectivity index (χ3v) is 16.2. The van der Waals surface area contributed by atoms with Crippen molar-refractivity contribution in [3.05, 3.63) is 42.5 Å². The Hall–Kier alpha value is -1.71. The predicted molar refractivity (Wildman–Crippen MR) is 115 cm³/mol. The molecule has 2 unspecified atom stereocenters. The summed E-state index contributed by atoms with van der Waals surface area (Å²) in [5.74, 6) is -0.302. The average Bonchev–Trinajstić information content (AvgIpc) is 2.67. The molecule has 0 saturated carbocycles. The molecule has 0 aliphatic carbocycles. The van der Waals surface area contributed by atoms with Gasteiger partial charge < -0.3 is 13.9 Å². The Kier molecular flexibility index (Phi) is 7.80. The van der Waals surface area contributed by atoms with Crippen LogP contribution < -0.4 is 4.74 Å². The number of hydrogen-bond donors (Lipinski definition) is 0. The number of esters is 2. The first-order valence-corrected chi connectivity index (χ1v) is 15.2. The van der Waals surface area contributed by atoms with Crippen molar-refractivity contribution in [2.24, 2.45) is 11.3 Å². The minimum atomic E-state index is -1.38. The van der Waals surface area contributed by atoms with Gasteiger partial charge in [-0.2, -0.15) is 0 Å². The summed E-state index contributed by atoms with van der Waals surface area (Å²) >= 11 is 0. The second-order valence-electron chi connectivity index (χ2n) is 8.39. The maximum atomic E-state index is 12.6. The highest BCUT2D eigenvalue weighted by Gasteiger charge is 2.52. The van der Waals surface area contributed by atoms with E-state index in [2.05, 4.69) is 34.6 Å². The van der Waals surface area contributed by atoms with Crippen LogP contribution in [0.1, 0.15) is 41.0 Å². The van der Waals surface area contributed by atoms with Crippen molar-refractivity contribution in [3.63, 3.8) is 0 Å². The highest BCUT2D eigenvalue weighted by Crippen LogP contribution is 2.43. The van der Waals surface area contributed by atoms with Gasteiger partial charge in [0.15, 0.2) is 9.28 Å². The molecule has 5 nitrogen and oxygen atoms in total. The summed E-state index contributed by atoms with van der Waals surface area (Å²) in [4.78, 5) is 24.6. The lowest BCUT2D eigenvalue weighted by molar-refractivity contribution is -0.156. The van der Waals surface area contributed by atoms with Gasteiger partial charge in [-0.1, -0.05) is 51.9 Å². The summed E-state index contributed by atoms with van der Waals surface area (Å²) in [6.45, 7) is 11.6. The summed E-state index contributed by atoms with van der Waals surface area (Å²) in [5, 5.41) is -0.515. The normalized spacial score (nSPS) is 20.9. The molecular weight excluding hydrogens is 388 g/mol. The van der Waals surface area contributed by atoms with Gasteiger partial charge in [0, 0.05) is 24.2 Å². The summed E-state index contributed by atoms with van der Waals surface area (Å²) < 4.78 is 17.1. The lowest BCUT2D eigenvalue weighted by Gasteiger charge is -2.50. The summed E-state index contributed by atoms with van der Waals surface area (Å²) in [6, 6.07) is 9.91. The fourth-order valence-electron chi connectivity index (χ4n) is 3.51. The zero-order valence-electron chi connectivity index (χ0n) is 17.6. The lowest BCUT2D eigenvalue weighted by Crippen LogP contribution is -2.62. The van der Waals surface area contributed by atoms with Crippen LogP contribution in [-0.4, -0.2) is 41.4 Å². The summed E-state index contributed by atoms with van der Waals surface area (Å²) in [7, 11) is -2.04. The fraction of sp³-hybridized carbons (Fsp3) is 0.524. The van der Waals surface area contributed by atoms with Gasteiger partial charge in [0.05, 0.1) is 5.22 Å². The minimum absolute atomic E-state index is 0.175. The molecule has 28 heavy (non-hydrogen) atoms. The topological polar surface area (TPSA) is 61.8 Å². The van der Waals surface area contributed by atoms with Crippen LogP contribution in [0.25, 0.3) is 0 Å². The predicted octanol–water partition coefficient (Wildman–Crippen LogP) is 2.90. The highest BCUT2D eigenvalue weighted by molar-refractivity contribution is 7.11. The van der Waals surface area contributed by atoms with Crippen molar-refractivity contribution < 1.29 is 23.5 Å². The second-order valence-corrected chi connectivity index (χ2v) is 16.2. The Balaban J connectivity index is 2.10. The molecule has 1 fully saturated rings. The molecule has 0 aromatic heterocycles. The van der Waals surface area contributed by atoms with Crippen molar-refractivity contribution in [2.75, 3.05) is 6.61 Å². The van der Waals surface area contributed by atoms with E-state index >= 15 is 0 Å². The average molecular weight is 421 g/mol. The van der Waals surface area contributed by atoms with Crippen LogP contribution in [0.5, 0.6) is 5.75 Å². The molecule has 1 aromatic carbocycles. The molecule has 1 aliphatic heterocycles. The van der Waals surface area contributed by atoms with E-state index in [0.29, 0.717) is 11.7 Å². The highest BCUT2D eigenvalue weighted by atomic mass is 29.2. The molecule has 2 atom stereocenters. The van der Waals surface area contributed by atoms with Crippen molar-refractivity contribution in [1.29, 1.82) is 0 Å². The smallest absolute Gasteiger partial charge is 0.336 e. The molecule has 0 amide bonds. The number of ether oxygens (including phenoxy) is 2. The van der Waals surface area contributed by atoms with E-state index in [-0.39, 0.29) is 5.41 Å². The monoisotopic (exact) mass is 420 g/mol. The van der Waals surface area contributed by atoms with E-state index in [1.807, 2.05) is 6.07 Å². The van der Waals surface area contributed by atoms with Gasteiger partial charge in [0.25, 0.3) is 0 Å². The molecule has 0 radical (unpaired) electrons. The zero-order chi connectivity index (χ0) is 20.8. The van der Waals surface area contributed by atoms with Gasteiger partial charge in [-0.05, 0) is 31.4 Å². The molecule has 0 N–H and O–H groups in total. The number of para-hydroxylation sites is 1. The van der Waals surface area contributed by atoms with E-state index in [1.54, 1.807) is 24.3 Å². The van der Waals surface area contributed by atoms with Gasteiger partial charge in [-0.15, -0.1) is 0 Å². The van der Waals surface area contributed by atoms with Crippen molar-refractivity contribution in [2.45, 2.75) is 52.3 Å². The van der Waals surface area contributed by atoms with Crippen LogP contribution in [0.4, 0.5) is 0 Å². The minimum Gasteiger partial charge on any atom is -0.460 e. The van der Waals surface area contributed by atoms with Crippen molar-refractivity contribution in [3.8, 4) is 5.75 Å². The number of rotatable bonds is 7. The van der Waals surface area contributed by atoms with Crippen molar-refractivity contribution in [1.82, 2.24) is 0 Å². The zero-order valence-corrected chi connectivity index (χ0v) is 20.1. The van der Waals surface area contributed by atoms with Crippen LogP contribution in [0, 0.1) is 11.3 Å². The van der Waals surface area contributed by atoms with Crippen LogP contribution in [0.2, 0.25) is 6.04 Å². The van der Waals surface area contributed by atoms with E-state index in [0.717, 1.165) is 25.1 Å². The van der Waals surface area contributed by atoms with Crippen molar-refractivity contribution >= 4 is 29.5 Å². The maximum absolute atomic E-state index is 12.6. The molecule has 1 heterocycles. The van der Waals surface area contributed by atoms with Gasteiger partial charge in [-0.3, -0.25) is 0 Å². The first-order valence-electron chi connectivity index (χ1n) is 9.92. The SMILES string of the molecule is CC(C)C(C)(C)C(C)(OC(=O)C=CC(=O)Oc1ccccc1)[SiH]1CCCO[SiH2]1. The molecule has 2 rings (SSSR count). The van der Waals surface area contributed by atoms with E-state index in [1.165, 1.54) is 6.08 Å². The number of hydrogen-bond acceptors (Lipinski definition) is 5. The van der Waals surface area contributed by atoms with Crippen LogP contribution >= 0.6 is 0 Å². The van der Waals surface area contributed by atoms with E-state index in [4.69, 9.17) is 13.9 Å². The second kappa shape index (κ2) is 9.67. The first-order chi connectivity index (χ1) is 13.2. The third-order valence-electron chi connectivity index (χ3n) is 6.29. The number of carbonyl (C=O) groups excluding carboxylic acids is 2. The van der Waals surface area contributed by atoms with Crippen LogP contribution in [-0.2, 0) is 18.8 Å². The van der Waals surface area contributed by atoms with Gasteiger partial charge in [0.1, 0.15) is 14.1 Å². The first kappa shape index (κ1) is 22.6. The Morgan fingerprint density at radius 1 is 1.14 bits per heavy atom. The summed E-state index contributed by atoms with van der Waals surface area (Å²) in [6.07, 6.45) is 3.36. The largest absolute Gasteiger partial charge is 0.460 e. The Labute approximate surface area is 171 Å². The third kappa shape index (κ3) is 5.42. The molecule has 0 spiro atoms. The molecule has 7 heteroatoms. The lowest BCUT2D eigenvalue weighted by atomic mass is 9.76. The fourth-order valence-corrected chi connectivity index (χ4v) is 13.0. The molecule has 1 aliphatic rings. The van der Waals surface area contributed by atoms with E-state index in [9.17, 15) is 9.59 Å². The summed E-state index contributed by atoms with van der Waals surface area (Å²) in [5.41, 5.74) is -0.175. The van der Waals surface area contributed by atoms with Crippen LogP contribution in [0.3, 0.4) is 0 Å². The molecule has 1 aromatic rings. The quantitative estimate of drug-likeness (QED) is 0.294. The molecular formula is C21H32O5Si2. The molecule has 154 valence electrons. The Morgan fingerprint density at radius 3 is 2.36 bits per heavy atom. The Bertz CT molecular complexity index is 696. The number of benzene rings is 1. The van der Waals surface area contributed by atoms with Gasteiger partial charge in [0.2, 0.25) is 0 Å². The van der Waals surface area contributed by atoms with Gasteiger partial charge in [-0.25, -0.2) is 9.59 Å². The Morgan fingerprint density at radius 2 is 1.79 bits per heavy atom. The van der Waals surface area contributed by atoms with Gasteiger partial charge >= 0.3 is 11.9 Å². The van der Waals surface area contributed by atoms with Crippen LogP contribution in [0.15, 0.2) is 42.5 Å². The number of carbonyl (C=O) groups is 2. The molecule has 0 bridgehead atoms. The van der Waals surface area contributed by atoms with E-state index < -0.39 is 34.8 Å². The molecule has 1 saturated heterocycles.